The highest BCUT2D eigenvalue weighted by molar-refractivity contribution is 6.30. The number of ether oxygens (including phenoxy) is 2. The number of carbonyl (C=O) groups excluding carboxylic acids is 2. The third-order valence-corrected chi connectivity index (χ3v) is 4.58. The van der Waals surface area contributed by atoms with Crippen molar-refractivity contribution in [1.29, 1.82) is 0 Å². The number of halogens is 1. The predicted octanol–water partition coefficient (Wildman–Crippen LogP) is 3.92. The number of carbonyl (C=O) groups is 2. The smallest absolute Gasteiger partial charge is 0.407 e. The highest BCUT2D eigenvalue weighted by atomic mass is 35.5. The second kappa shape index (κ2) is 9.83. The number of hydrogen-bond acceptors (Lipinski definition) is 4. The average Bonchev–Trinajstić information content (AvgIpc) is 2.59. The van der Waals surface area contributed by atoms with Crippen molar-refractivity contribution in [2.24, 2.45) is 5.92 Å². The summed E-state index contributed by atoms with van der Waals surface area (Å²) in [5, 5.41) is 6.47. The van der Waals surface area contributed by atoms with Gasteiger partial charge in [-0.3, -0.25) is 4.79 Å². The van der Waals surface area contributed by atoms with Crippen LogP contribution in [-0.2, 0) is 9.53 Å². The Bertz CT molecular complexity index is 620. The van der Waals surface area contributed by atoms with Crippen LogP contribution in [0.25, 0.3) is 0 Å². The van der Waals surface area contributed by atoms with Gasteiger partial charge < -0.3 is 20.1 Å². The molecule has 2 N–H and O–H groups in total. The van der Waals surface area contributed by atoms with Crippen LogP contribution in [0, 0.1) is 5.92 Å². The summed E-state index contributed by atoms with van der Waals surface area (Å²) in [5.74, 6) is 0.905. The van der Waals surface area contributed by atoms with Crippen molar-refractivity contribution in [3.05, 3.63) is 29.3 Å². The van der Waals surface area contributed by atoms with Gasteiger partial charge in [-0.2, -0.15) is 0 Å². The Labute approximate surface area is 165 Å². The second-order valence-corrected chi connectivity index (χ2v) is 8.35. The van der Waals surface area contributed by atoms with Crippen LogP contribution < -0.4 is 15.4 Å². The molecule has 0 unspecified atom stereocenters. The Morgan fingerprint density at radius 2 is 1.74 bits per heavy atom. The predicted molar refractivity (Wildman–Crippen MR) is 105 cm³/mol. The molecule has 0 aromatic heterocycles. The van der Waals surface area contributed by atoms with Gasteiger partial charge in [-0.05, 0) is 76.6 Å². The van der Waals surface area contributed by atoms with Gasteiger partial charge in [0, 0.05) is 17.6 Å². The van der Waals surface area contributed by atoms with Crippen LogP contribution in [0.15, 0.2) is 24.3 Å². The second-order valence-electron chi connectivity index (χ2n) is 7.91. The zero-order valence-electron chi connectivity index (χ0n) is 16.2. The third kappa shape index (κ3) is 8.52. The molecule has 150 valence electrons. The van der Waals surface area contributed by atoms with E-state index in [1.165, 1.54) is 0 Å². The summed E-state index contributed by atoms with van der Waals surface area (Å²) in [6, 6.07) is 7.07. The first-order valence-corrected chi connectivity index (χ1v) is 9.73. The first-order valence-electron chi connectivity index (χ1n) is 9.36. The van der Waals surface area contributed by atoms with Gasteiger partial charge >= 0.3 is 6.09 Å². The molecule has 2 rings (SSSR count). The Balaban J connectivity index is 1.61. The van der Waals surface area contributed by atoms with E-state index in [1.807, 2.05) is 20.8 Å². The van der Waals surface area contributed by atoms with Crippen molar-refractivity contribution < 1.29 is 19.1 Å². The molecule has 7 heteroatoms. The summed E-state index contributed by atoms with van der Waals surface area (Å²) in [6.07, 6.45) is 3.33. The van der Waals surface area contributed by atoms with Crippen LogP contribution in [0.2, 0.25) is 5.02 Å². The van der Waals surface area contributed by atoms with Gasteiger partial charge in [0.25, 0.3) is 5.91 Å². The highest BCUT2D eigenvalue weighted by Crippen LogP contribution is 2.24. The largest absolute Gasteiger partial charge is 0.484 e. The van der Waals surface area contributed by atoms with Crippen molar-refractivity contribution >= 4 is 23.6 Å². The monoisotopic (exact) mass is 396 g/mol. The fourth-order valence-electron chi connectivity index (χ4n) is 3.00. The number of alkyl carbamates (subject to hydrolysis) is 1. The van der Waals surface area contributed by atoms with Gasteiger partial charge in [-0.25, -0.2) is 4.79 Å². The van der Waals surface area contributed by atoms with E-state index < -0.39 is 5.60 Å². The first-order chi connectivity index (χ1) is 12.7. The van der Waals surface area contributed by atoms with Crippen LogP contribution in [-0.4, -0.2) is 36.8 Å². The summed E-state index contributed by atoms with van der Waals surface area (Å²) in [7, 11) is 0. The van der Waals surface area contributed by atoms with E-state index in [9.17, 15) is 9.59 Å². The normalized spacial score (nSPS) is 19.9. The van der Waals surface area contributed by atoms with Crippen molar-refractivity contribution in [3.8, 4) is 5.75 Å². The van der Waals surface area contributed by atoms with E-state index in [-0.39, 0.29) is 24.6 Å². The lowest BCUT2D eigenvalue weighted by molar-refractivity contribution is -0.124. The maximum atomic E-state index is 12.0. The molecular formula is C20H29ClN2O4. The molecule has 1 aromatic carbocycles. The van der Waals surface area contributed by atoms with Gasteiger partial charge in [0.05, 0.1) is 0 Å². The molecule has 1 aliphatic carbocycles. The Kier molecular flexibility index (Phi) is 7.78. The van der Waals surface area contributed by atoms with Gasteiger partial charge in [0.1, 0.15) is 11.4 Å². The number of benzene rings is 1. The van der Waals surface area contributed by atoms with Gasteiger partial charge in [0.2, 0.25) is 0 Å². The summed E-state index contributed by atoms with van der Waals surface area (Å²) >= 11 is 5.82. The number of amides is 2. The maximum absolute atomic E-state index is 12.0. The third-order valence-electron chi connectivity index (χ3n) is 4.33. The van der Waals surface area contributed by atoms with Crippen LogP contribution in [0.3, 0.4) is 0 Å². The minimum Gasteiger partial charge on any atom is -0.484 e. The molecule has 0 radical (unpaired) electrons. The van der Waals surface area contributed by atoms with Crippen molar-refractivity contribution in [2.45, 2.75) is 58.1 Å². The molecule has 2 amide bonds. The first kappa shape index (κ1) is 21.4. The molecule has 1 aliphatic rings. The molecule has 0 saturated heterocycles. The molecule has 1 aromatic rings. The van der Waals surface area contributed by atoms with Crippen molar-refractivity contribution in [2.75, 3.05) is 13.2 Å². The van der Waals surface area contributed by atoms with Gasteiger partial charge in [-0.15, -0.1) is 0 Å². The van der Waals surface area contributed by atoms with E-state index in [2.05, 4.69) is 10.6 Å². The van der Waals surface area contributed by atoms with Crippen molar-refractivity contribution in [1.82, 2.24) is 10.6 Å². The standard InChI is InChI=1S/C20H29ClN2O4/c1-20(2,3)27-19(25)22-12-14-4-8-16(9-5-14)23-18(24)13-26-17-10-6-15(21)7-11-17/h6-7,10-11,14,16H,4-5,8-9,12-13H2,1-3H3,(H,22,25)(H,23,24). The fraction of sp³-hybridized carbons (Fsp3) is 0.600. The minimum atomic E-state index is -0.486. The molecular weight excluding hydrogens is 368 g/mol. The summed E-state index contributed by atoms with van der Waals surface area (Å²) in [6.45, 7) is 6.13. The zero-order chi connectivity index (χ0) is 19.9. The van der Waals surface area contributed by atoms with Crippen LogP contribution in [0.4, 0.5) is 4.79 Å². The molecule has 0 atom stereocenters. The van der Waals surface area contributed by atoms with Gasteiger partial charge in [-0.1, -0.05) is 11.6 Å². The molecule has 0 bridgehead atoms. The summed E-state index contributed by atoms with van der Waals surface area (Å²) in [4.78, 5) is 23.8. The minimum absolute atomic E-state index is 0.0121. The van der Waals surface area contributed by atoms with Gasteiger partial charge in [0.15, 0.2) is 6.61 Å². The molecule has 1 saturated carbocycles. The van der Waals surface area contributed by atoms with E-state index in [4.69, 9.17) is 21.1 Å². The lowest BCUT2D eigenvalue weighted by atomic mass is 9.86. The Hall–Kier alpha value is -1.95. The van der Waals surface area contributed by atoms with Crippen LogP contribution in [0.1, 0.15) is 46.5 Å². The van der Waals surface area contributed by atoms with E-state index in [0.29, 0.717) is 23.2 Å². The summed E-state index contributed by atoms with van der Waals surface area (Å²) < 4.78 is 10.7. The molecule has 0 heterocycles. The molecule has 1 fully saturated rings. The van der Waals surface area contributed by atoms with E-state index in [0.717, 1.165) is 25.7 Å². The SMILES string of the molecule is CC(C)(C)OC(=O)NCC1CCC(NC(=O)COc2ccc(Cl)cc2)CC1. The quantitative estimate of drug-likeness (QED) is 0.764. The van der Waals surface area contributed by atoms with E-state index >= 15 is 0 Å². The lowest BCUT2D eigenvalue weighted by Gasteiger charge is -2.29. The molecule has 27 heavy (non-hydrogen) atoms. The zero-order valence-corrected chi connectivity index (χ0v) is 17.0. The Morgan fingerprint density at radius 3 is 2.33 bits per heavy atom. The highest BCUT2D eigenvalue weighted by Gasteiger charge is 2.24. The van der Waals surface area contributed by atoms with Crippen LogP contribution >= 0.6 is 11.6 Å². The number of rotatable bonds is 6. The average molecular weight is 397 g/mol. The van der Waals surface area contributed by atoms with Crippen molar-refractivity contribution in [3.63, 3.8) is 0 Å². The topological polar surface area (TPSA) is 76.7 Å². The molecule has 0 spiro atoms. The number of hydrogen-bond donors (Lipinski definition) is 2. The van der Waals surface area contributed by atoms with E-state index in [1.54, 1.807) is 24.3 Å². The summed E-state index contributed by atoms with van der Waals surface area (Å²) in [5.41, 5.74) is -0.486. The molecule has 6 nitrogen and oxygen atoms in total. The Morgan fingerprint density at radius 1 is 1.11 bits per heavy atom. The van der Waals surface area contributed by atoms with Crippen LogP contribution in [0.5, 0.6) is 5.75 Å². The fourth-order valence-corrected chi connectivity index (χ4v) is 3.13. The lowest BCUT2D eigenvalue weighted by Crippen LogP contribution is -2.42. The maximum Gasteiger partial charge on any atom is 0.407 e. The molecule has 0 aliphatic heterocycles. The number of nitrogens with one attached hydrogen (secondary N) is 2.